The van der Waals surface area contributed by atoms with Crippen molar-refractivity contribution in [3.05, 3.63) is 51.7 Å². The highest BCUT2D eigenvalue weighted by molar-refractivity contribution is 7.51. The van der Waals surface area contributed by atoms with Gasteiger partial charge in [0.05, 0.1) is 30.1 Å². The summed E-state index contributed by atoms with van der Waals surface area (Å²) in [5.41, 5.74) is 1.45. The summed E-state index contributed by atoms with van der Waals surface area (Å²) in [4.78, 5) is 28.7. The number of hydrogen-bond acceptors (Lipinski definition) is 11. The maximum Gasteiger partial charge on any atom is 0.408 e. The Bertz CT molecular complexity index is 1320. The van der Waals surface area contributed by atoms with E-state index in [4.69, 9.17) is 20.6 Å². The summed E-state index contributed by atoms with van der Waals surface area (Å²) in [6.07, 6.45) is 1.51. The number of nitrogens with one attached hydrogen (secondary N) is 3. The molecule has 12 nitrogen and oxygen atoms in total. The molecule has 3 heterocycles. The number of nitrogens with zero attached hydrogens (tertiary/aromatic N) is 5. The minimum atomic E-state index is -3.30. The van der Waals surface area contributed by atoms with Crippen LogP contribution in [-0.4, -0.2) is 79.0 Å². The van der Waals surface area contributed by atoms with E-state index in [1.165, 1.54) is 17.5 Å². The number of amides is 1. The monoisotopic (exact) mass is 624 g/mol. The second kappa shape index (κ2) is 15.5. The van der Waals surface area contributed by atoms with Gasteiger partial charge in [-0.25, -0.2) is 24.2 Å². The Morgan fingerprint density at radius 2 is 1.76 bits per heavy atom. The smallest absolute Gasteiger partial charge is 0.354 e. The number of thiazole rings is 1. The number of rotatable bonds is 10. The van der Waals surface area contributed by atoms with Crippen LogP contribution in [0.25, 0.3) is 0 Å². The second-order valence-corrected chi connectivity index (χ2v) is 12.4. The Morgan fingerprint density at radius 1 is 1.10 bits per heavy atom. The van der Waals surface area contributed by atoms with Gasteiger partial charge in [0.25, 0.3) is 5.91 Å². The molecule has 0 bridgehead atoms. The average Bonchev–Trinajstić information content (AvgIpc) is 3.40. The van der Waals surface area contributed by atoms with Crippen molar-refractivity contribution in [1.29, 1.82) is 0 Å². The number of para-hydroxylation sites is 1. The van der Waals surface area contributed by atoms with E-state index < -0.39 is 7.75 Å². The van der Waals surface area contributed by atoms with Crippen LogP contribution in [0.4, 0.5) is 22.5 Å². The van der Waals surface area contributed by atoms with E-state index >= 15 is 0 Å². The third-order valence-electron chi connectivity index (χ3n) is 5.76. The molecule has 0 atom stereocenters. The van der Waals surface area contributed by atoms with Crippen LogP contribution in [0.3, 0.4) is 0 Å². The van der Waals surface area contributed by atoms with Crippen molar-refractivity contribution in [3.63, 3.8) is 0 Å². The molecule has 0 saturated carbocycles. The van der Waals surface area contributed by atoms with E-state index in [1.807, 2.05) is 46.1 Å². The van der Waals surface area contributed by atoms with Crippen molar-refractivity contribution in [2.45, 2.75) is 27.7 Å². The molecule has 1 aliphatic rings. The molecule has 41 heavy (non-hydrogen) atoms. The van der Waals surface area contributed by atoms with Gasteiger partial charge in [0, 0.05) is 32.2 Å². The van der Waals surface area contributed by atoms with Gasteiger partial charge in [-0.05, 0) is 53.4 Å². The lowest BCUT2D eigenvalue weighted by Gasteiger charge is -2.37. The lowest BCUT2D eigenvalue weighted by atomic mass is 10.2. The van der Waals surface area contributed by atoms with Gasteiger partial charge in [-0.15, -0.1) is 0 Å². The van der Waals surface area contributed by atoms with Crippen LogP contribution in [0.2, 0.25) is 5.02 Å². The minimum Gasteiger partial charge on any atom is -0.354 e. The topological polar surface area (TPSA) is 134 Å². The number of carbonyl (C=O) groups is 1. The normalized spacial score (nSPS) is 13.9. The molecule has 3 N–H and O–H groups in total. The Kier molecular flexibility index (Phi) is 12.5. The lowest BCUT2D eigenvalue weighted by molar-refractivity contribution is 0.103. The van der Waals surface area contributed by atoms with Crippen LogP contribution in [-0.2, 0) is 13.6 Å². The summed E-state index contributed by atoms with van der Waals surface area (Å²) in [6.45, 7) is 10.2. The Morgan fingerprint density at radius 3 is 2.37 bits per heavy atom. The molecular formula is C26H38ClN8O4PS. The third kappa shape index (κ3) is 8.92. The van der Waals surface area contributed by atoms with E-state index in [0.717, 1.165) is 11.4 Å². The largest absolute Gasteiger partial charge is 0.408 e. The van der Waals surface area contributed by atoms with Gasteiger partial charge in [-0.3, -0.25) is 13.8 Å². The first-order valence-electron chi connectivity index (χ1n) is 13.3. The van der Waals surface area contributed by atoms with Crippen molar-refractivity contribution in [3.8, 4) is 0 Å². The Balaban J connectivity index is 0.00000147. The quantitative estimate of drug-likeness (QED) is 0.252. The molecule has 3 aromatic rings. The molecule has 1 fully saturated rings. The zero-order valence-corrected chi connectivity index (χ0v) is 26.7. The second-order valence-electron chi connectivity index (χ2n) is 8.94. The minimum absolute atomic E-state index is 0.291. The molecule has 0 aliphatic carbocycles. The molecule has 1 aliphatic heterocycles. The first-order valence-corrected chi connectivity index (χ1v) is 16.0. The summed E-state index contributed by atoms with van der Waals surface area (Å²) in [5.74, 6) is 1.60. The van der Waals surface area contributed by atoms with Crippen LogP contribution in [0, 0.1) is 13.8 Å². The molecule has 15 heteroatoms. The highest BCUT2D eigenvalue weighted by atomic mass is 35.5. The third-order valence-corrected chi connectivity index (χ3v) is 9.25. The van der Waals surface area contributed by atoms with E-state index in [0.29, 0.717) is 71.8 Å². The van der Waals surface area contributed by atoms with Crippen LogP contribution in [0.1, 0.15) is 34.9 Å². The van der Waals surface area contributed by atoms with E-state index in [2.05, 4.69) is 35.8 Å². The molecule has 2 aromatic heterocycles. The zero-order valence-electron chi connectivity index (χ0n) is 24.2. The van der Waals surface area contributed by atoms with Crippen molar-refractivity contribution >= 4 is 59.0 Å². The van der Waals surface area contributed by atoms with Gasteiger partial charge in [-0.2, -0.15) is 0 Å². The fraction of sp³-hybridized carbons (Fsp3) is 0.462. The van der Waals surface area contributed by atoms with Gasteiger partial charge in [0.1, 0.15) is 22.3 Å². The summed E-state index contributed by atoms with van der Waals surface area (Å²) >= 11 is 7.45. The molecule has 1 saturated heterocycles. The number of benzene rings is 1. The van der Waals surface area contributed by atoms with Crippen molar-refractivity contribution in [1.82, 2.24) is 24.9 Å². The molecule has 0 radical (unpaired) electrons. The van der Waals surface area contributed by atoms with Crippen LogP contribution >= 0.6 is 30.7 Å². The van der Waals surface area contributed by atoms with Gasteiger partial charge >= 0.3 is 7.75 Å². The predicted molar refractivity (Wildman–Crippen MR) is 166 cm³/mol. The number of aryl methyl sites for hydroxylation is 2. The van der Waals surface area contributed by atoms with Crippen molar-refractivity contribution in [2.75, 3.05) is 69.0 Å². The highest BCUT2D eigenvalue weighted by Crippen LogP contribution is 2.52. The summed E-state index contributed by atoms with van der Waals surface area (Å²) < 4.78 is 25.8. The molecule has 0 spiro atoms. The van der Waals surface area contributed by atoms with Gasteiger partial charge in [-0.1, -0.05) is 35.1 Å². The maximum atomic E-state index is 13.1. The Hall–Kier alpha value is -2.64. The summed E-state index contributed by atoms with van der Waals surface area (Å²) in [6, 6.07) is 7.28. The van der Waals surface area contributed by atoms with Crippen molar-refractivity contribution in [2.24, 2.45) is 0 Å². The highest BCUT2D eigenvalue weighted by Gasteiger charge is 2.35. The molecule has 4 rings (SSSR count). The molecule has 1 aromatic carbocycles. The number of anilines is 4. The summed E-state index contributed by atoms with van der Waals surface area (Å²) in [7, 11) is 0.453. The Labute approximate surface area is 250 Å². The average molecular weight is 625 g/mol. The SMILES string of the molecule is CCOP(=O)(OCC)N1CCN(c2cc(Nc3ncc(C(=O)Nc4c(C)cccc4Cl)s3)nc(C)n2)CC1.CNC. The van der Waals surface area contributed by atoms with E-state index in [9.17, 15) is 9.36 Å². The number of piperazine rings is 1. The van der Waals surface area contributed by atoms with Gasteiger partial charge in [0.15, 0.2) is 5.13 Å². The first-order chi connectivity index (χ1) is 19.6. The zero-order chi connectivity index (χ0) is 30.0. The molecule has 1 amide bonds. The van der Waals surface area contributed by atoms with Crippen LogP contribution in [0.5, 0.6) is 0 Å². The van der Waals surface area contributed by atoms with E-state index in [-0.39, 0.29) is 5.91 Å². The van der Waals surface area contributed by atoms with Gasteiger partial charge in [0.2, 0.25) is 0 Å². The fourth-order valence-electron chi connectivity index (χ4n) is 3.99. The number of aromatic nitrogens is 3. The predicted octanol–water partition coefficient (Wildman–Crippen LogP) is 5.34. The van der Waals surface area contributed by atoms with Crippen molar-refractivity contribution < 1.29 is 18.4 Å². The fourth-order valence-corrected chi connectivity index (χ4v) is 6.70. The van der Waals surface area contributed by atoms with Crippen LogP contribution in [0.15, 0.2) is 30.5 Å². The standard InChI is InChI=1S/C24H31ClN7O4PS.C2H7N/c1-5-35-37(34,36-6-2)32-12-10-31(11-13-32)21-14-20(27-17(4)28-21)29-24-26-15-19(38-24)23(33)30-22-16(3)8-7-9-18(22)25;1-3-2/h7-9,14-15H,5-6,10-13H2,1-4H3,(H,30,33)(H,26,27,28,29);3H,1-2H3. The maximum absolute atomic E-state index is 13.1. The molecule has 0 unspecified atom stereocenters. The number of carbonyl (C=O) groups excluding carboxylic acids is 1. The molecular weight excluding hydrogens is 587 g/mol. The number of halogens is 1. The van der Waals surface area contributed by atoms with Crippen LogP contribution < -0.4 is 20.9 Å². The van der Waals surface area contributed by atoms with E-state index in [1.54, 1.807) is 24.6 Å². The first kappa shape index (κ1) is 32.9. The summed E-state index contributed by atoms with van der Waals surface area (Å²) in [5, 5.41) is 9.79. The molecule has 224 valence electrons. The van der Waals surface area contributed by atoms with Gasteiger partial charge < -0.3 is 20.9 Å². The number of hydrogen-bond donors (Lipinski definition) is 3. The lowest BCUT2D eigenvalue weighted by Crippen LogP contribution is -2.45.